The maximum absolute atomic E-state index is 11.1. The lowest BCUT2D eigenvalue weighted by Gasteiger charge is -2.08. The largest absolute Gasteiger partial charge is 0.744 e. The Bertz CT molecular complexity index is 1310. The lowest BCUT2D eigenvalue weighted by atomic mass is 10.3. The van der Waals surface area contributed by atoms with E-state index in [1.54, 1.807) is 14.1 Å². The number of nitrogens with zero attached hydrogens (tertiary/aromatic N) is 3. The standard InChI is InChI=1S/C12H10N4O6S2/c13-9-5-7(23(17,18)19)1-3-10(9)14-15-11-4-2-8(24(20,21)22)6-12(11)16(14)15/h1-6H,13H2,(H,17,18,19)(H,20,21,22)/p-2. The highest BCUT2D eigenvalue weighted by atomic mass is 32.2. The summed E-state index contributed by atoms with van der Waals surface area (Å²) in [5, 5.41) is 0. The summed E-state index contributed by atoms with van der Waals surface area (Å²) < 4.78 is 69.4. The van der Waals surface area contributed by atoms with Crippen molar-refractivity contribution in [1.29, 1.82) is 0 Å². The molecular weight excluding hydrogens is 360 g/mol. The second kappa shape index (κ2) is 4.30. The first-order chi connectivity index (χ1) is 11.1. The molecule has 2 aromatic carbocycles. The fourth-order valence-corrected chi connectivity index (χ4v) is 3.55. The van der Waals surface area contributed by atoms with E-state index < -0.39 is 25.1 Å². The first-order valence-electron chi connectivity index (χ1n) is 6.44. The second-order valence-corrected chi connectivity index (χ2v) is 7.91. The van der Waals surface area contributed by atoms with Crippen LogP contribution in [0, 0.1) is 0 Å². The van der Waals surface area contributed by atoms with Crippen molar-refractivity contribution >= 4 is 37.0 Å². The van der Waals surface area contributed by atoms with Gasteiger partial charge in [0.1, 0.15) is 37.0 Å². The Morgan fingerprint density at radius 3 is 1.92 bits per heavy atom. The topological polar surface area (TPSA) is 154 Å². The lowest BCUT2D eigenvalue weighted by Crippen LogP contribution is -2.02. The van der Waals surface area contributed by atoms with Crippen LogP contribution in [0.2, 0.25) is 0 Å². The van der Waals surface area contributed by atoms with Gasteiger partial charge in [0.05, 0.1) is 15.5 Å². The summed E-state index contributed by atoms with van der Waals surface area (Å²) in [7, 11) is -9.18. The molecule has 10 nitrogen and oxygen atoms in total. The minimum absolute atomic E-state index is 0.0592. The molecule has 4 rings (SSSR count). The first-order valence-corrected chi connectivity index (χ1v) is 9.26. The number of benzene rings is 2. The Labute approximate surface area is 135 Å². The molecule has 0 amide bonds. The maximum atomic E-state index is 11.1. The molecule has 4 aromatic rings. The van der Waals surface area contributed by atoms with E-state index in [1.165, 1.54) is 24.3 Å². The SMILES string of the molecule is Nc1cc(S(=O)(=O)[O-])ccc1-n1n2c3ccc(S(=O)(=O)[O-])cc3n12. The van der Waals surface area contributed by atoms with Crippen molar-refractivity contribution in [2.45, 2.75) is 9.79 Å². The van der Waals surface area contributed by atoms with Crippen LogP contribution in [0.1, 0.15) is 0 Å². The van der Waals surface area contributed by atoms with Gasteiger partial charge >= 0.3 is 0 Å². The number of fused-ring (bicyclic) bond motifs is 4. The molecule has 0 spiro atoms. The number of nitrogens with two attached hydrogens (primary N) is 1. The van der Waals surface area contributed by atoms with Crippen molar-refractivity contribution in [2.24, 2.45) is 0 Å². The molecule has 0 bridgehead atoms. The van der Waals surface area contributed by atoms with E-state index in [9.17, 15) is 25.9 Å². The summed E-state index contributed by atoms with van der Waals surface area (Å²) in [6, 6.07) is 7.46. The summed E-state index contributed by atoms with van der Waals surface area (Å²) in [5.74, 6) is 0. The van der Waals surface area contributed by atoms with Gasteiger partial charge in [0.2, 0.25) is 0 Å². The summed E-state index contributed by atoms with van der Waals surface area (Å²) >= 11 is 0. The van der Waals surface area contributed by atoms with E-state index in [2.05, 4.69) is 0 Å². The Morgan fingerprint density at radius 1 is 0.792 bits per heavy atom. The monoisotopic (exact) mass is 368 g/mol. The third-order valence-electron chi connectivity index (χ3n) is 3.68. The fourth-order valence-electron chi connectivity index (χ4n) is 2.55. The normalized spacial score (nSPS) is 13.4. The Balaban J connectivity index is 1.86. The number of rotatable bonds is 3. The molecule has 2 heterocycles. The molecule has 0 radical (unpaired) electrons. The number of hydrogen-bond acceptors (Lipinski definition) is 7. The van der Waals surface area contributed by atoms with Crippen LogP contribution in [0.15, 0.2) is 46.2 Å². The highest BCUT2D eigenvalue weighted by Gasteiger charge is 2.26. The molecule has 2 aromatic heterocycles. The third-order valence-corrected chi connectivity index (χ3v) is 5.34. The third kappa shape index (κ3) is 2.01. The predicted octanol–water partition coefficient (Wildman–Crippen LogP) is -0.189. The quantitative estimate of drug-likeness (QED) is 0.388. The summed E-state index contributed by atoms with van der Waals surface area (Å²) in [6.45, 7) is 0. The Kier molecular flexibility index (Phi) is 2.69. The molecule has 0 aliphatic rings. The molecule has 0 fully saturated rings. The molecule has 0 saturated heterocycles. The van der Waals surface area contributed by atoms with Crippen LogP contribution >= 0.6 is 0 Å². The van der Waals surface area contributed by atoms with Crippen LogP contribution in [-0.4, -0.2) is 40.0 Å². The predicted molar refractivity (Wildman–Crippen MR) is 79.2 cm³/mol. The molecule has 126 valence electrons. The van der Waals surface area contributed by atoms with Gasteiger partial charge in [0.25, 0.3) is 0 Å². The van der Waals surface area contributed by atoms with Crippen LogP contribution in [0.3, 0.4) is 0 Å². The molecule has 2 N–H and O–H groups in total. The summed E-state index contributed by atoms with van der Waals surface area (Å²) in [5.41, 5.74) is 7.42. The van der Waals surface area contributed by atoms with Crippen LogP contribution in [0.5, 0.6) is 0 Å². The fraction of sp³-hybridized carbons (Fsp3) is 0. The van der Waals surface area contributed by atoms with Gasteiger partial charge in [-0.1, -0.05) is 0 Å². The van der Waals surface area contributed by atoms with Crippen molar-refractivity contribution in [3.8, 4) is 5.69 Å². The van der Waals surface area contributed by atoms with E-state index in [-0.39, 0.29) is 10.6 Å². The molecule has 0 atom stereocenters. The van der Waals surface area contributed by atoms with Gasteiger partial charge in [-0.05, 0) is 36.4 Å². The van der Waals surface area contributed by atoms with Crippen molar-refractivity contribution in [3.05, 3.63) is 36.4 Å². The molecule has 0 aliphatic heterocycles. The first kappa shape index (κ1) is 15.0. The summed E-state index contributed by atoms with van der Waals surface area (Å²) in [6.07, 6.45) is 0. The van der Waals surface area contributed by atoms with E-state index in [4.69, 9.17) is 5.73 Å². The zero-order valence-corrected chi connectivity index (χ0v) is 13.3. The van der Waals surface area contributed by atoms with Gasteiger partial charge in [0, 0.05) is 0 Å². The van der Waals surface area contributed by atoms with E-state index in [1.807, 2.05) is 0 Å². The van der Waals surface area contributed by atoms with Gasteiger partial charge in [0.15, 0.2) is 0 Å². The molecular formula is C12H8N4O6S2-2. The zero-order valence-electron chi connectivity index (χ0n) is 11.6. The molecule has 0 saturated carbocycles. The average molecular weight is 368 g/mol. The van der Waals surface area contributed by atoms with Gasteiger partial charge in [-0.25, -0.2) is 16.8 Å². The maximum Gasteiger partial charge on any atom is 0.124 e. The molecule has 0 aliphatic carbocycles. The Morgan fingerprint density at radius 2 is 1.33 bits per heavy atom. The molecule has 12 heteroatoms. The van der Waals surface area contributed by atoms with Crippen LogP contribution in [-0.2, 0) is 20.2 Å². The highest BCUT2D eigenvalue weighted by Crippen LogP contribution is 2.31. The zero-order chi connectivity index (χ0) is 17.4. The van der Waals surface area contributed by atoms with E-state index in [0.717, 1.165) is 12.1 Å². The van der Waals surface area contributed by atoms with Crippen LogP contribution in [0.4, 0.5) is 5.69 Å². The van der Waals surface area contributed by atoms with Crippen LogP contribution < -0.4 is 5.73 Å². The van der Waals surface area contributed by atoms with Gasteiger partial charge in [-0.2, -0.15) is 0 Å². The summed E-state index contributed by atoms with van der Waals surface area (Å²) in [4.78, 5) is 0.747. The highest BCUT2D eigenvalue weighted by molar-refractivity contribution is 7.86. The minimum atomic E-state index is -4.61. The van der Waals surface area contributed by atoms with E-state index in [0.29, 0.717) is 16.7 Å². The number of anilines is 1. The number of hydrogen-bond donors (Lipinski definition) is 1. The average Bonchev–Trinajstić information content (AvgIpc) is 3.10. The van der Waals surface area contributed by atoms with Crippen molar-refractivity contribution in [3.63, 3.8) is 0 Å². The molecule has 0 unspecified atom stereocenters. The minimum Gasteiger partial charge on any atom is -0.744 e. The Hall–Kier alpha value is -2.54. The van der Waals surface area contributed by atoms with Gasteiger partial charge in [-0.15, -0.1) is 14.1 Å². The van der Waals surface area contributed by atoms with Crippen LogP contribution in [0.25, 0.3) is 16.7 Å². The smallest absolute Gasteiger partial charge is 0.124 e. The van der Waals surface area contributed by atoms with Crippen molar-refractivity contribution in [2.75, 3.05) is 5.73 Å². The van der Waals surface area contributed by atoms with Gasteiger partial charge < -0.3 is 14.8 Å². The lowest BCUT2D eigenvalue weighted by molar-refractivity contribution is 0.461. The van der Waals surface area contributed by atoms with Crippen molar-refractivity contribution < 1.29 is 25.9 Å². The van der Waals surface area contributed by atoms with E-state index >= 15 is 0 Å². The number of nitrogen functional groups attached to an aromatic ring is 1. The second-order valence-electron chi connectivity index (χ2n) is 5.15. The number of aromatic nitrogens is 3. The van der Waals surface area contributed by atoms with Gasteiger partial charge in [-0.3, -0.25) is 0 Å². The molecule has 24 heavy (non-hydrogen) atoms. The van der Waals surface area contributed by atoms with Crippen molar-refractivity contribution in [1.82, 2.24) is 14.1 Å².